The maximum absolute atomic E-state index is 10.4. The van der Waals surface area contributed by atoms with Gasteiger partial charge in [-0.25, -0.2) is 0 Å². The van der Waals surface area contributed by atoms with Crippen molar-refractivity contribution in [3.8, 4) is 17.6 Å². The molecule has 0 atom stereocenters. The van der Waals surface area contributed by atoms with Crippen LogP contribution in [0, 0.1) is 11.8 Å². The highest BCUT2D eigenvalue weighted by atomic mass is 32.1. The fraction of sp³-hybridized carbons (Fsp3) is 0.529. The van der Waals surface area contributed by atoms with Gasteiger partial charge >= 0.3 is 0 Å². The molecule has 0 fully saturated rings. The molecular weight excluding hydrogens is 252 g/mol. The van der Waals surface area contributed by atoms with Crippen molar-refractivity contribution in [2.45, 2.75) is 52.4 Å². The first-order valence-corrected chi connectivity index (χ1v) is 7.18. The highest BCUT2D eigenvalue weighted by Gasteiger charge is 2.24. The third kappa shape index (κ3) is 3.94. The number of benzene rings is 1. The Morgan fingerprint density at radius 1 is 1.05 bits per heavy atom. The summed E-state index contributed by atoms with van der Waals surface area (Å²) >= 11 is 4.10. The Kier molecular flexibility index (Phi) is 4.63. The van der Waals surface area contributed by atoms with Gasteiger partial charge in [-0.05, 0) is 22.5 Å². The number of aromatic hydroxyl groups is 1. The lowest BCUT2D eigenvalue weighted by atomic mass is 9.79. The lowest BCUT2D eigenvalue weighted by Crippen LogP contribution is -2.17. The summed E-state index contributed by atoms with van der Waals surface area (Å²) in [6.07, 6.45) is 0. The molecule has 1 aromatic carbocycles. The van der Waals surface area contributed by atoms with Gasteiger partial charge in [0.2, 0.25) is 0 Å². The number of rotatable bonds is 0. The van der Waals surface area contributed by atoms with Gasteiger partial charge in [-0.1, -0.05) is 59.4 Å². The van der Waals surface area contributed by atoms with Crippen LogP contribution < -0.4 is 0 Å². The van der Waals surface area contributed by atoms with Gasteiger partial charge in [0.25, 0.3) is 0 Å². The molecule has 0 unspecified atom stereocenters. The van der Waals surface area contributed by atoms with Crippen LogP contribution in [0.1, 0.15) is 58.2 Å². The summed E-state index contributed by atoms with van der Waals surface area (Å²) in [5.41, 5.74) is 2.77. The van der Waals surface area contributed by atoms with E-state index in [0.29, 0.717) is 17.1 Å². The molecule has 1 aromatic rings. The van der Waals surface area contributed by atoms with Gasteiger partial charge in [-0.2, -0.15) is 12.6 Å². The van der Waals surface area contributed by atoms with Crippen molar-refractivity contribution in [2.75, 3.05) is 5.75 Å². The molecule has 0 amide bonds. The minimum Gasteiger partial charge on any atom is -0.506 e. The Morgan fingerprint density at radius 3 is 2.05 bits per heavy atom. The normalized spacial score (nSPS) is 11.9. The Hall–Kier alpha value is -1.07. The summed E-state index contributed by atoms with van der Waals surface area (Å²) in [5.74, 6) is 6.72. The van der Waals surface area contributed by atoms with Gasteiger partial charge in [0.1, 0.15) is 5.75 Å². The first-order chi connectivity index (χ1) is 8.57. The summed E-state index contributed by atoms with van der Waals surface area (Å²) in [6.45, 7) is 12.8. The van der Waals surface area contributed by atoms with Crippen LogP contribution in [0.4, 0.5) is 0 Å². The molecule has 0 saturated carbocycles. The van der Waals surface area contributed by atoms with E-state index in [0.717, 1.165) is 5.56 Å². The lowest BCUT2D eigenvalue weighted by molar-refractivity contribution is 0.443. The molecule has 1 rings (SSSR count). The third-order valence-corrected chi connectivity index (χ3v) is 3.24. The Labute approximate surface area is 122 Å². The smallest absolute Gasteiger partial charge is 0.134 e. The quantitative estimate of drug-likeness (QED) is 0.535. The molecular formula is C17H24OS. The molecule has 0 aromatic heterocycles. The van der Waals surface area contributed by atoms with E-state index >= 15 is 0 Å². The molecule has 0 bridgehead atoms. The summed E-state index contributed by atoms with van der Waals surface area (Å²) < 4.78 is 0. The highest BCUT2D eigenvalue weighted by Crippen LogP contribution is 2.37. The van der Waals surface area contributed by atoms with E-state index in [-0.39, 0.29) is 10.8 Å². The molecule has 0 saturated heterocycles. The zero-order valence-electron chi connectivity index (χ0n) is 12.8. The summed E-state index contributed by atoms with van der Waals surface area (Å²) in [4.78, 5) is 0. The van der Waals surface area contributed by atoms with E-state index in [4.69, 9.17) is 0 Å². The molecule has 19 heavy (non-hydrogen) atoms. The largest absolute Gasteiger partial charge is 0.506 e. The predicted molar refractivity (Wildman–Crippen MR) is 86.2 cm³/mol. The van der Waals surface area contributed by atoms with E-state index in [2.05, 4.69) is 72.1 Å². The van der Waals surface area contributed by atoms with Crippen LogP contribution in [-0.4, -0.2) is 10.9 Å². The fourth-order valence-electron chi connectivity index (χ4n) is 1.87. The number of thiol groups is 1. The van der Waals surface area contributed by atoms with Crippen molar-refractivity contribution >= 4 is 12.6 Å². The molecule has 104 valence electrons. The number of hydrogen-bond donors (Lipinski definition) is 2. The molecule has 1 nitrogen and oxygen atoms in total. The molecule has 0 radical (unpaired) electrons. The fourth-order valence-corrected chi connectivity index (χ4v) is 1.95. The predicted octanol–water partition coefficient (Wildman–Crippen LogP) is 4.27. The van der Waals surface area contributed by atoms with Gasteiger partial charge in [-0.15, -0.1) is 0 Å². The average molecular weight is 276 g/mol. The van der Waals surface area contributed by atoms with E-state index in [1.807, 2.05) is 6.07 Å². The van der Waals surface area contributed by atoms with Crippen molar-refractivity contribution in [1.29, 1.82) is 0 Å². The van der Waals surface area contributed by atoms with Gasteiger partial charge < -0.3 is 5.11 Å². The molecule has 0 aliphatic carbocycles. The van der Waals surface area contributed by atoms with Gasteiger partial charge in [-0.3, -0.25) is 0 Å². The maximum atomic E-state index is 10.4. The van der Waals surface area contributed by atoms with E-state index in [1.165, 1.54) is 5.56 Å². The minimum absolute atomic E-state index is 0.0328. The Morgan fingerprint density at radius 2 is 1.63 bits per heavy atom. The Balaban J connectivity index is 3.57. The zero-order chi connectivity index (χ0) is 14.8. The Bertz CT molecular complexity index is 519. The van der Waals surface area contributed by atoms with Crippen LogP contribution in [0.25, 0.3) is 0 Å². The van der Waals surface area contributed by atoms with Crippen molar-refractivity contribution in [2.24, 2.45) is 0 Å². The van der Waals surface area contributed by atoms with Crippen LogP contribution >= 0.6 is 12.6 Å². The molecule has 0 aliphatic rings. The van der Waals surface area contributed by atoms with Gasteiger partial charge in [0.05, 0.1) is 11.3 Å². The first-order valence-electron chi connectivity index (χ1n) is 6.55. The van der Waals surface area contributed by atoms with Crippen molar-refractivity contribution < 1.29 is 5.11 Å². The van der Waals surface area contributed by atoms with Crippen LogP contribution in [-0.2, 0) is 10.8 Å². The van der Waals surface area contributed by atoms with Crippen LogP contribution in [0.15, 0.2) is 12.1 Å². The minimum atomic E-state index is -0.108. The zero-order valence-corrected chi connectivity index (χ0v) is 13.7. The van der Waals surface area contributed by atoms with E-state index in [9.17, 15) is 5.11 Å². The summed E-state index contributed by atoms with van der Waals surface area (Å²) in [5, 5.41) is 10.4. The van der Waals surface area contributed by atoms with Crippen molar-refractivity contribution in [1.82, 2.24) is 0 Å². The average Bonchev–Trinajstić information content (AvgIpc) is 2.24. The van der Waals surface area contributed by atoms with Crippen LogP contribution in [0.3, 0.4) is 0 Å². The summed E-state index contributed by atoms with van der Waals surface area (Å²) in [7, 11) is 0. The second-order valence-corrected chi connectivity index (χ2v) is 7.20. The van der Waals surface area contributed by atoms with Gasteiger partial charge in [0, 0.05) is 5.56 Å². The lowest BCUT2D eigenvalue weighted by Gasteiger charge is -2.26. The van der Waals surface area contributed by atoms with Crippen molar-refractivity contribution in [3.63, 3.8) is 0 Å². The number of phenolic OH excluding ortho intramolecular Hbond substituents is 1. The third-order valence-electron chi connectivity index (χ3n) is 3.09. The molecule has 0 aliphatic heterocycles. The second-order valence-electron chi connectivity index (χ2n) is 6.88. The standard InChI is InChI=1S/C17H24OS/c1-16(2,3)13-10-12(8-7-9-19)15(18)14(11-13)17(4,5)6/h10-11,18-19H,9H2,1-6H3. The number of hydrogen-bond acceptors (Lipinski definition) is 2. The highest BCUT2D eigenvalue weighted by molar-refractivity contribution is 7.80. The number of phenols is 1. The van der Waals surface area contributed by atoms with E-state index in [1.54, 1.807) is 0 Å². The van der Waals surface area contributed by atoms with Crippen LogP contribution in [0.2, 0.25) is 0 Å². The van der Waals surface area contributed by atoms with E-state index < -0.39 is 0 Å². The maximum Gasteiger partial charge on any atom is 0.134 e. The first kappa shape index (κ1) is 16.0. The van der Waals surface area contributed by atoms with Crippen LogP contribution in [0.5, 0.6) is 5.75 Å². The SMILES string of the molecule is CC(C)(C)c1cc(C#CCS)c(O)c(C(C)(C)C)c1. The molecule has 0 spiro atoms. The second kappa shape index (κ2) is 5.51. The molecule has 2 heteroatoms. The van der Waals surface area contributed by atoms with Crippen molar-refractivity contribution in [3.05, 3.63) is 28.8 Å². The van der Waals surface area contributed by atoms with Gasteiger partial charge in [0.15, 0.2) is 0 Å². The summed E-state index contributed by atoms with van der Waals surface area (Å²) in [6, 6.07) is 4.09. The molecule has 1 N–H and O–H groups in total. The molecule has 0 heterocycles. The topological polar surface area (TPSA) is 20.2 Å². The monoisotopic (exact) mass is 276 g/mol.